The van der Waals surface area contributed by atoms with Crippen LogP contribution < -0.4 is 5.32 Å². The van der Waals surface area contributed by atoms with Crippen molar-refractivity contribution in [2.24, 2.45) is 5.92 Å². The van der Waals surface area contributed by atoms with Crippen LogP contribution in [-0.2, 0) is 4.79 Å². The minimum Gasteiger partial charge on any atom is -0.481 e. The number of aromatic nitrogens is 2. The van der Waals surface area contributed by atoms with Gasteiger partial charge in [-0.15, -0.1) is 0 Å². The van der Waals surface area contributed by atoms with Crippen molar-refractivity contribution < 1.29 is 14.7 Å². The molecule has 1 heterocycles. The van der Waals surface area contributed by atoms with Crippen LogP contribution in [0.1, 0.15) is 23.8 Å². The van der Waals surface area contributed by atoms with Gasteiger partial charge in [0.25, 0.3) is 5.91 Å². The first-order valence-electron chi connectivity index (χ1n) is 6.65. The van der Waals surface area contributed by atoms with Gasteiger partial charge in [0, 0.05) is 18.7 Å². The molecular formula is C15H17N3O3. The Morgan fingerprint density at radius 1 is 1.33 bits per heavy atom. The van der Waals surface area contributed by atoms with Crippen LogP contribution in [0.3, 0.4) is 0 Å². The van der Waals surface area contributed by atoms with E-state index in [1.54, 1.807) is 17.8 Å². The number of aliphatic carboxylic acids is 1. The van der Waals surface area contributed by atoms with E-state index >= 15 is 0 Å². The molecule has 0 spiro atoms. The van der Waals surface area contributed by atoms with Gasteiger partial charge in [-0.2, -0.15) is 0 Å². The van der Waals surface area contributed by atoms with Crippen LogP contribution in [0.15, 0.2) is 42.9 Å². The molecule has 21 heavy (non-hydrogen) atoms. The van der Waals surface area contributed by atoms with Crippen LogP contribution in [-0.4, -0.2) is 33.1 Å². The summed E-state index contributed by atoms with van der Waals surface area (Å²) in [6, 6.07) is 9.42. The highest BCUT2D eigenvalue weighted by Crippen LogP contribution is 2.11. The van der Waals surface area contributed by atoms with E-state index in [-0.39, 0.29) is 18.2 Å². The molecule has 0 aliphatic carbocycles. The number of carboxylic acid groups (broad SMARTS) is 1. The maximum absolute atomic E-state index is 12.2. The van der Waals surface area contributed by atoms with E-state index in [2.05, 4.69) is 10.3 Å². The van der Waals surface area contributed by atoms with Gasteiger partial charge in [0.2, 0.25) is 0 Å². The molecule has 0 saturated carbocycles. The normalized spacial score (nSPS) is 11.9. The van der Waals surface area contributed by atoms with E-state index < -0.39 is 5.97 Å². The molecule has 0 aliphatic rings. The van der Waals surface area contributed by atoms with E-state index in [0.29, 0.717) is 12.2 Å². The van der Waals surface area contributed by atoms with Crippen molar-refractivity contribution in [3.63, 3.8) is 0 Å². The average Bonchev–Trinajstić information content (AvgIpc) is 2.94. The second-order valence-corrected chi connectivity index (χ2v) is 4.90. The fourth-order valence-electron chi connectivity index (χ4n) is 1.99. The number of carbonyl (C=O) groups is 2. The van der Waals surface area contributed by atoms with Gasteiger partial charge >= 0.3 is 5.97 Å². The predicted octanol–water partition coefficient (Wildman–Crippen LogP) is 1.71. The number of benzene rings is 1. The number of carboxylic acids is 1. The smallest absolute Gasteiger partial charge is 0.303 e. The third kappa shape index (κ3) is 3.92. The number of hydrogen-bond acceptors (Lipinski definition) is 3. The molecule has 2 rings (SSSR count). The molecular weight excluding hydrogens is 270 g/mol. The third-order valence-corrected chi connectivity index (χ3v) is 3.04. The molecule has 1 amide bonds. The summed E-state index contributed by atoms with van der Waals surface area (Å²) >= 11 is 0. The zero-order valence-electron chi connectivity index (χ0n) is 11.7. The van der Waals surface area contributed by atoms with E-state index in [0.717, 1.165) is 5.69 Å². The van der Waals surface area contributed by atoms with Crippen molar-refractivity contribution in [3.8, 4) is 5.69 Å². The molecule has 0 saturated heterocycles. The lowest BCUT2D eigenvalue weighted by Crippen LogP contribution is -2.30. The molecule has 0 aliphatic heterocycles. The lowest BCUT2D eigenvalue weighted by Gasteiger charge is -2.11. The molecule has 110 valence electrons. The lowest BCUT2D eigenvalue weighted by atomic mass is 10.1. The Bertz CT molecular complexity index is 622. The second kappa shape index (κ2) is 6.69. The molecule has 1 aromatic heterocycles. The van der Waals surface area contributed by atoms with E-state index in [1.165, 1.54) is 6.20 Å². The molecule has 2 aromatic rings. The lowest BCUT2D eigenvalue weighted by molar-refractivity contribution is -0.137. The average molecular weight is 287 g/mol. The Morgan fingerprint density at radius 2 is 2.05 bits per heavy atom. The van der Waals surface area contributed by atoms with Crippen molar-refractivity contribution >= 4 is 11.9 Å². The van der Waals surface area contributed by atoms with Gasteiger partial charge in [0.05, 0.1) is 12.5 Å². The first-order chi connectivity index (χ1) is 10.1. The molecule has 6 heteroatoms. The minimum atomic E-state index is -0.869. The highest BCUT2D eigenvalue weighted by molar-refractivity contribution is 5.93. The Labute approximate surface area is 122 Å². The van der Waals surface area contributed by atoms with E-state index in [9.17, 15) is 9.59 Å². The van der Waals surface area contributed by atoms with Crippen molar-refractivity contribution in [2.75, 3.05) is 6.54 Å². The monoisotopic (exact) mass is 287 g/mol. The fourth-order valence-corrected chi connectivity index (χ4v) is 1.99. The number of nitrogens with one attached hydrogen (secondary N) is 1. The summed E-state index contributed by atoms with van der Waals surface area (Å²) < 4.78 is 1.69. The third-order valence-electron chi connectivity index (χ3n) is 3.04. The Balaban J connectivity index is 2.04. The summed E-state index contributed by atoms with van der Waals surface area (Å²) in [6.07, 6.45) is 3.09. The van der Waals surface area contributed by atoms with Crippen LogP contribution in [0.4, 0.5) is 0 Å². The minimum absolute atomic E-state index is 0.0260. The van der Waals surface area contributed by atoms with Gasteiger partial charge in [-0.3, -0.25) is 14.2 Å². The Morgan fingerprint density at radius 3 is 2.71 bits per heavy atom. The predicted molar refractivity (Wildman–Crippen MR) is 77.3 cm³/mol. The molecule has 0 bridgehead atoms. The molecule has 0 fully saturated rings. The first-order valence-corrected chi connectivity index (χ1v) is 6.65. The van der Waals surface area contributed by atoms with Crippen LogP contribution >= 0.6 is 0 Å². The molecule has 1 atom stereocenters. The highest BCUT2D eigenvalue weighted by Gasteiger charge is 2.14. The van der Waals surface area contributed by atoms with Gasteiger partial charge in [0.15, 0.2) is 0 Å². The van der Waals surface area contributed by atoms with Crippen LogP contribution in [0, 0.1) is 5.92 Å². The summed E-state index contributed by atoms with van der Waals surface area (Å²) in [5.74, 6) is -1.26. The number of para-hydroxylation sites is 1. The second-order valence-electron chi connectivity index (χ2n) is 4.90. The van der Waals surface area contributed by atoms with Crippen molar-refractivity contribution in [2.45, 2.75) is 13.3 Å². The number of nitrogens with zero attached hydrogens (tertiary/aromatic N) is 2. The Kier molecular flexibility index (Phi) is 4.71. The van der Waals surface area contributed by atoms with Gasteiger partial charge in [-0.25, -0.2) is 4.98 Å². The summed E-state index contributed by atoms with van der Waals surface area (Å²) in [6.45, 7) is 2.09. The molecule has 1 aromatic carbocycles. The Hall–Kier alpha value is -2.63. The molecule has 1 unspecified atom stereocenters. The van der Waals surface area contributed by atoms with Crippen LogP contribution in [0.25, 0.3) is 5.69 Å². The van der Waals surface area contributed by atoms with Gasteiger partial charge in [-0.05, 0) is 18.1 Å². The summed E-state index contributed by atoms with van der Waals surface area (Å²) in [5, 5.41) is 11.4. The number of carbonyl (C=O) groups excluding carboxylic acids is 1. The van der Waals surface area contributed by atoms with Gasteiger partial charge < -0.3 is 10.4 Å². The quantitative estimate of drug-likeness (QED) is 0.847. The van der Waals surface area contributed by atoms with Crippen LogP contribution in [0.5, 0.6) is 0 Å². The zero-order valence-corrected chi connectivity index (χ0v) is 11.7. The van der Waals surface area contributed by atoms with Crippen molar-refractivity contribution in [1.29, 1.82) is 0 Å². The molecule has 0 radical (unpaired) electrons. The standard InChI is InChI=1S/C15H17N3O3/c1-11(7-14(19)20)8-17-15(21)13-9-16-10-18(13)12-5-3-2-4-6-12/h2-6,9-11H,7-8H2,1H3,(H,17,21)(H,19,20). The largest absolute Gasteiger partial charge is 0.481 e. The van der Waals surface area contributed by atoms with Crippen LogP contribution in [0.2, 0.25) is 0 Å². The summed E-state index contributed by atoms with van der Waals surface area (Å²) in [4.78, 5) is 26.8. The first kappa shape index (κ1) is 14.8. The van der Waals surface area contributed by atoms with Crippen molar-refractivity contribution in [3.05, 3.63) is 48.5 Å². The molecule has 6 nitrogen and oxygen atoms in total. The number of amides is 1. The van der Waals surface area contributed by atoms with Gasteiger partial charge in [-0.1, -0.05) is 25.1 Å². The zero-order chi connectivity index (χ0) is 15.2. The molecule has 2 N–H and O–H groups in total. The topological polar surface area (TPSA) is 84.2 Å². The summed E-state index contributed by atoms with van der Waals surface area (Å²) in [7, 11) is 0. The SMILES string of the molecule is CC(CNC(=O)c1cncn1-c1ccccc1)CC(=O)O. The summed E-state index contributed by atoms with van der Waals surface area (Å²) in [5.41, 5.74) is 1.27. The number of imidazole rings is 1. The maximum Gasteiger partial charge on any atom is 0.303 e. The van der Waals surface area contributed by atoms with E-state index in [1.807, 2.05) is 30.3 Å². The fraction of sp³-hybridized carbons (Fsp3) is 0.267. The van der Waals surface area contributed by atoms with E-state index in [4.69, 9.17) is 5.11 Å². The maximum atomic E-state index is 12.2. The van der Waals surface area contributed by atoms with Crippen molar-refractivity contribution in [1.82, 2.24) is 14.9 Å². The van der Waals surface area contributed by atoms with Gasteiger partial charge in [0.1, 0.15) is 5.69 Å². The highest BCUT2D eigenvalue weighted by atomic mass is 16.4. The number of rotatable bonds is 6. The number of hydrogen-bond donors (Lipinski definition) is 2.